The summed E-state index contributed by atoms with van der Waals surface area (Å²) in [7, 11) is 1.64. The van der Waals surface area contributed by atoms with E-state index in [0.29, 0.717) is 12.1 Å². The minimum absolute atomic E-state index is 0.165. The van der Waals surface area contributed by atoms with Crippen LogP contribution in [0.25, 0.3) is 0 Å². The van der Waals surface area contributed by atoms with Gasteiger partial charge >= 0.3 is 0 Å². The molecule has 0 spiro atoms. The summed E-state index contributed by atoms with van der Waals surface area (Å²) in [6.07, 6.45) is 0. The molecule has 112 valence electrons. The lowest BCUT2D eigenvalue weighted by atomic mass is 10.1. The first kappa shape index (κ1) is 15.5. The highest BCUT2D eigenvalue weighted by molar-refractivity contribution is 5.29. The monoisotopic (exact) mass is 289 g/mol. The summed E-state index contributed by atoms with van der Waals surface area (Å²) in [5.74, 6) is 0.460. The zero-order valence-electron chi connectivity index (χ0n) is 12.3. The van der Waals surface area contributed by atoms with Crippen LogP contribution >= 0.6 is 0 Å². The number of hydrogen-bond acceptors (Lipinski definition) is 3. The fourth-order valence-electron chi connectivity index (χ4n) is 2.14. The Morgan fingerprint density at radius 3 is 2.52 bits per heavy atom. The van der Waals surface area contributed by atoms with Gasteiger partial charge in [-0.15, -0.1) is 0 Å². The fraction of sp³-hybridized carbons (Fsp3) is 0.294. The predicted octanol–water partition coefficient (Wildman–Crippen LogP) is 3.18. The first-order chi connectivity index (χ1) is 10.1. The van der Waals surface area contributed by atoms with Gasteiger partial charge < -0.3 is 15.2 Å². The third-order valence-corrected chi connectivity index (χ3v) is 3.51. The Kier molecular flexibility index (Phi) is 5.31. The molecule has 21 heavy (non-hydrogen) atoms. The van der Waals surface area contributed by atoms with Gasteiger partial charge in [-0.3, -0.25) is 0 Å². The van der Waals surface area contributed by atoms with E-state index >= 15 is 0 Å². The maximum Gasteiger partial charge on any atom is 0.128 e. The van der Waals surface area contributed by atoms with Crippen molar-refractivity contribution >= 4 is 0 Å². The second-order valence-corrected chi connectivity index (χ2v) is 4.96. The standard InChI is InChI=1S/C17H20FNO2/c1-12(14-4-6-16(21-2)7-5-14)19-10-13-3-8-17(18)15(9-13)11-20/h3-9,12,19-20H,10-11H2,1-2H3/t12-/m0/s1. The molecule has 2 aromatic carbocycles. The second kappa shape index (κ2) is 7.20. The molecule has 2 rings (SSSR count). The Hall–Kier alpha value is -1.91. The minimum atomic E-state index is -0.371. The second-order valence-electron chi connectivity index (χ2n) is 4.96. The zero-order chi connectivity index (χ0) is 15.2. The Balaban J connectivity index is 1.98. The smallest absolute Gasteiger partial charge is 0.128 e. The van der Waals surface area contributed by atoms with E-state index in [2.05, 4.69) is 12.2 Å². The van der Waals surface area contributed by atoms with Gasteiger partial charge in [0.2, 0.25) is 0 Å². The predicted molar refractivity (Wildman–Crippen MR) is 80.6 cm³/mol. The molecule has 0 radical (unpaired) electrons. The van der Waals surface area contributed by atoms with Crippen molar-refractivity contribution in [3.63, 3.8) is 0 Å². The van der Waals surface area contributed by atoms with Gasteiger partial charge in [0.15, 0.2) is 0 Å². The van der Waals surface area contributed by atoms with Crippen molar-refractivity contribution in [3.8, 4) is 5.75 Å². The van der Waals surface area contributed by atoms with E-state index < -0.39 is 0 Å². The molecule has 0 aliphatic rings. The molecule has 0 unspecified atom stereocenters. The lowest BCUT2D eigenvalue weighted by Gasteiger charge is -2.15. The molecule has 0 saturated heterocycles. The highest BCUT2D eigenvalue weighted by Gasteiger charge is 2.07. The maximum atomic E-state index is 13.3. The van der Waals surface area contributed by atoms with Crippen molar-refractivity contribution in [2.75, 3.05) is 7.11 Å². The van der Waals surface area contributed by atoms with Crippen LogP contribution < -0.4 is 10.1 Å². The molecule has 1 atom stereocenters. The van der Waals surface area contributed by atoms with Crippen LogP contribution in [0.2, 0.25) is 0 Å². The van der Waals surface area contributed by atoms with Gasteiger partial charge in [0.05, 0.1) is 13.7 Å². The molecule has 0 fully saturated rings. The molecule has 0 amide bonds. The molecule has 4 heteroatoms. The van der Waals surface area contributed by atoms with Crippen LogP contribution in [0.5, 0.6) is 5.75 Å². The zero-order valence-corrected chi connectivity index (χ0v) is 12.3. The third-order valence-electron chi connectivity index (χ3n) is 3.51. The number of ether oxygens (including phenoxy) is 1. The topological polar surface area (TPSA) is 41.5 Å². The van der Waals surface area contributed by atoms with Gasteiger partial charge in [-0.2, -0.15) is 0 Å². The lowest BCUT2D eigenvalue weighted by molar-refractivity contribution is 0.275. The van der Waals surface area contributed by atoms with Crippen molar-refractivity contribution in [2.24, 2.45) is 0 Å². The van der Waals surface area contributed by atoms with Crippen LogP contribution in [0, 0.1) is 5.82 Å². The molecule has 0 aliphatic carbocycles. The average molecular weight is 289 g/mol. The Morgan fingerprint density at radius 2 is 1.90 bits per heavy atom. The van der Waals surface area contributed by atoms with Gasteiger partial charge in [0, 0.05) is 18.2 Å². The highest BCUT2D eigenvalue weighted by atomic mass is 19.1. The number of rotatable bonds is 6. The summed E-state index contributed by atoms with van der Waals surface area (Å²) in [5.41, 5.74) is 2.42. The van der Waals surface area contributed by atoms with E-state index in [1.807, 2.05) is 24.3 Å². The van der Waals surface area contributed by atoms with Crippen LogP contribution in [0.4, 0.5) is 4.39 Å². The van der Waals surface area contributed by atoms with Crippen molar-refractivity contribution < 1.29 is 14.2 Å². The van der Waals surface area contributed by atoms with Gasteiger partial charge in [0.1, 0.15) is 11.6 Å². The molecular formula is C17H20FNO2. The molecule has 0 aliphatic heterocycles. The molecule has 0 heterocycles. The Bertz CT molecular complexity index is 584. The highest BCUT2D eigenvalue weighted by Crippen LogP contribution is 2.18. The molecule has 2 N–H and O–H groups in total. The van der Waals surface area contributed by atoms with Crippen molar-refractivity contribution in [3.05, 3.63) is 65.0 Å². The van der Waals surface area contributed by atoms with Gasteiger partial charge in [-0.25, -0.2) is 4.39 Å². The fourth-order valence-corrected chi connectivity index (χ4v) is 2.14. The Morgan fingerprint density at radius 1 is 1.19 bits per heavy atom. The van der Waals surface area contributed by atoms with E-state index in [1.165, 1.54) is 6.07 Å². The first-order valence-corrected chi connectivity index (χ1v) is 6.89. The van der Waals surface area contributed by atoms with E-state index in [-0.39, 0.29) is 18.5 Å². The van der Waals surface area contributed by atoms with E-state index in [1.54, 1.807) is 19.2 Å². The largest absolute Gasteiger partial charge is 0.497 e. The van der Waals surface area contributed by atoms with Crippen LogP contribution in [-0.2, 0) is 13.2 Å². The average Bonchev–Trinajstić information content (AvgIpc) is 2.53. The number of halogens is 1. The molecule has 2 aromatic rings. The summed E-state index contributed by atoms with van der Waals surface area (Å²) < 4.78 is 18.4. The van der Waals surface area contributed by atoms with Gasteiger partial charge in [-0.1, -0.05) is 18.2 Å². The number of aliphatic hydroxyl groups excluding tert-OH is 1. The molecular weight excluding hydrogens is 269 g/mol. The third kappa shape index (κ3) is 4.03. The Labute approximate surface area is 124 Å². The van der Waals surface area contributed by atoms with Crippen LogP contribution in [-0.4, -0.2) is 12.2 Å². The number of hydrogen-bond donors (Lipinski definition) is 2. The molecule has 0 bridgehead atoms. The van der Waals surface area contributed by atoms with Crippen molar-refractivity contribution in [1.82, 2.24) is 5.32 Å². The van der Waals surface area contributed by atoms with Crippen LogP contribution in [0.3, 0.4) is 0 Å². The minimum Gasteiger partial charge on any atom is -0.497 e. The van der Waals surface area contributed by atoms with E-state index in [0.717, 1.165) is 16.9 Å². The van der Waals surface area contributed by atoms with Gasteiger partial charge in [0.25, 0.3) is 0 Å². The number of benzene rings is 2. The van der Waals surface area contributed by atoms with Crippen molar-refractivity contribution in [1.29, 1.82) is 0 Å². The van der Waals surface area contributed by atoms with Crippen LogP contribution in [0.1, 0.15) is 29.7 Å². The summed E-state index contributed by atoms with van der Waals surface area (Å²) in [4.78, 5) is 0. The quantitative estimate of drug-likeness (QED) is 0.858. The molecule has 3 nitrogen and oxygen atoms in total. The molecule has 0 saturated carbocycles. The normalized spacial score (nSPS) is 12.2. The van der Waals surface area contributed by atoms with E-state index in [4.69, 9.17) is 9.84 Å². The first-order valence-electron chi connectivity index (χ1n) is 6.89. The van der Waals surface area contributed by atoms with E-state index in [9.17, 15) is 4.39 Å². The lowest BCUT2D eigenvalue weighted by Crippen LogP contribution is -2.18. The summed E-state index contributed by atoms with van der Waals surface area (Å²) >= 11 is 0. The SMILES string of the molecule is COc1ccc([C@H](C)NCc2ccc(F)c(CO)c2)cc1. The van der Waals surface area contributed by atoms with Crippen molar-refractivity contribution in [2.45, 2.75) is 26.1 Å². The number of nitrogens with one attached hydrogen (secondary N) is 1. The summed E-state index contributed by atoms with van der Waals surface area (Å²) in [6.45, 7) is 2.40. The maximum absolute atomic E-state index is 13.3. The number of methoxy groups -OCH3 is 1. The van der Waals surface area contributed by atoms with Crippen LogP contribution in [0.15, 0.2) is 42.5 Å². The summed E-state index contributed by atoms with van der Waals surface area (Å²) in [6, 6.07) is 12.8. The summed E-state index contributed by atoms with van der Waals surface area (Å²) in [5, 5.41) is 12.5. The van der Waals surface area contributed by atoms with Gasteiger partial charge in [-0.05, 0) is 42.3 Å². The number of aliphatic hydroxyl groups is 1. The molecule has 0 aromatic heterocycles.